The third kappa shape index (κ3) is 3.79. The number of aromatic nitrogens is 2. The minimum Gasteiger partial charge on any atom is -0.357 e. The highest BCUT2D eigenvalue weighted by molar-refractivity contribution is 8.02. The molecule has 0 fully saturated rings. The lowest BCUT2D eigenvalue weighted by Crippen LogP contribution is -2.40. The van der Waals surface area contributed by atoms with E-state index in [0.717, 1.165) is 34.5 Å². The molecular weight excluding hydrogens is 340 g/mol. The van der Waals surface area contributed by atoms with Gasteiger partial charge in [0, 0.05) is 18.8 Å². The van der Waals surface area contributed by atoms with Crippen molar-refractivity contribution in [3.8, 4) is 0 Å². The first-order chi connectivity index (χ1) is 11.7. The van der Waals surface area contributed by atoms with Gasteiger partial charge in [-0.1, -0.05) is 47.4 Å². The summed E-state index contributed by atoms with van der Waals surface area (Å²) in [6.45, 7) is 7.03. The number of anilines is 2. The molecule has 0 spiro atoms. The molecule has 24 heavy (non-hydrogen) atoms. The molecule has 0 saturated heterocycles. The fraction of sp³-hybridized carbons (Fsp3) is 0.353. The van der Waals surface area contributed by atoms with Crippen LogP contribution in [0.4, 0.5) is 10.8 Å². The van der Waals surface area contributed by atoms with Crippen LogP contribution in [0, 0.1) is 0 Å². The van der Waals surface area contributed by atoms with Crippen LogP contribution in [0.3, 0.4) is 0 Å². The molecule has 0 bridgehead atoms. The standard InChI is InChI=1S/C17H20N4OS2/c1-3-10-18-16-19-20-17(24-16)23-12(2)15(22)21-11-6-8-13-7-4-5-9-14(13)21/h3-5,7,9,12H,1,6,8,10-11H2,2H3,(H,18,19)/t12-/m0/s1. The predicted molar refractivity (Wildman–Crippen MR) is 101 cm³/mol. The van der Waals surface area contributed by atoms with E-state index >= 15 is 0 Å². The summed E-state index contributed by atoms with van der Waals surface area (Å²) in [5.41, 5.74) is 2.30. The molecule has 3 rings (SSSR count). The lowest BCUT2D eigenvalue weighted by atomic mass is 10.0. The van der Waals surface area contributed by atoms with E-state index in [-0.39, 0.29) is 11.2 Å². The summed E-state index contributed by atoms with van der Waals surface area (Å²) in [6, 6.07) is 8.16. The van der Waals surface area contributed by atoms with E-state index in [0.29, 0.717) is 6.54 Å². The second-order valence-corrected chi connectivity index (χ2v) is 8.09. The molecule has 0 radical (unpaired) electrons. The van der Waals surface area contributed by atoms with E-state index < -0.39 is 0 Å². The van der Waals surface area contributed by atoms with Crippen molar-refractivity contribution >= 4 is 39.8 Å². The average Bonchev–Trinajstić information content (AvgIpc) is 3.06. The normalized spacial score (nSPS) is 14.8. The predicted octanol–water partition coefficient (Wildman–Crippen LogP) is 3.60. The Bertz CT molecular complexity index is 731. The molecular formula is C17H20N4OS2. The van der Waals surface area contributed by atoms with Gasteiger partial charge in [-0.15, -0.1) is 16.8 Å². The van der Waals surface area contributed by atoms with E-state index in [9.17, 15) is 4.79 Å². The third-order valence-corrected chi connectivity index (χ3v) is 5.86. The monoisotopic (exact) mass is 360 g/mol. The summed E-state index contributed by atoms with van der Waals surface area (Å²) < 4.78 is 0.799. The van der Waals surface area contributed by atoms with Gasteiger partial charge in [-0.25, -0.2) is 0 Å². The van der Waals surface area contributed by atoms with Gasteiger partial charge in [-0.3, -0.25) is 4.79 Å². The van der Waals surface area contributed by atoms with Crippen molar-refractivity contribution in [2.24, 2.45) is 0 Å². The third-order valence-electron chi connectivity index (χ3n) is 3.81. The summed E-state index contributed by atoms with van der Waals surface area (Å²) in [5.74, 6) is 0.128. The number of rotatable bonds is 6. The highest BCUT2D eigenvalue weighted by atomic mass is 32.2. The van der Waals surface area contributed by atoms with Crippen molar-refractivity contribution in [1.82, 2.24) is 10.2 Å². The van der Waals surface area contributed by atoms with Crippen LogP contribution in [-0.4, -0.2) is 34.4 Å². The molecule has 2 heterocycles. The number of nitrogens with zero attached hydrogens (tertiary/aromatic N) is 3. The SMILES string of the molecule is C=CCNc1nnc(S[C@@H](C)C(=O)N2CCCc3ccccc32)s1. The van der Waals surface area contributed by atoms with E-state index in [1.807, 2.05) is 30.0 Å². The fourth-order valence-electron chi connectivity index (χ4n) is 2.67. The zero-order chi connectivity index (χ0) is 16.9. The lowest BCUT2D eigenvalue weighted by Gasteiger charge is -2.31. The Morgan fingerprint density at radius 2 is 2.33 bits per heavy atom. The van der Waals surface area contributed by atoms with E-state index in [1.54, 1.807) is 6.08 Å². The van der Waals surface area contributed by atoms with Crippen LogP contribution in [-0.2, 0) is 11.2 Å². The first-order valence-corrected chi connectivity index (χ1v) is 9.63. The van der Waals surface area contributed by atoms with Crippen LogP contribution in [0.5, 0.6) is 0 Å². The smallest absolute Gasteiger partial charge is 0.240 e. The number of benzene rings is 1. The molecule has 1 atom stereocenters. The summed E-state index contributed by atoms with van der Waals surface area (Å²) in [4.78, 5) is 14.8. The maximum absolute atomic E-state index is 12.9. The average molecular weight is 361 g/mol. The second kappa shape index (κ2) is 7.81. The molecule has 0 unspecified atom stereocenters. The van der Waals surface area contributed by atoms with Gasteiger partial charge in [-0.2, -0.15) is 0 Å². The zero-order valence-corrected chi connectivity index (χ0v) is 15.2. The fourth-order valence-corrected chi connectivity index (χ4v) is 4.64. The Kier molecular flexibility index (Phi) is 5.52. The number of thioether (sulfide) groups is 1. The first kappa shape index (κ1) is 17.0. The van der Waals surface area contributed by atoms with Gasteiger partial charge in [0.15, 0.2) is 4.34 Å². The van der Waals surface area contributed by atoms with E-state index in [2.05, 4.69) is 28.2 Å². The van der Waals surface area contributed by atoms with Gasteiger partial charge in [0.05, 0.1) is 5.25 Å². The van der Waals surface area contributed by atoms with Crippen LogP contribution >= 0.6 is 23.1 Å². The minimum atomic E-state index is -0.198. The molecule has 1 amide bonds. The number of carbonyl (C=O) groups excluding carboxylic acids is 1. The van der Waals surface area contributed by atoms with Crippen molar-refractivity contribution in [3.63, 3.8) is 0 Å². The van der Waals surface area contributed by atoms with Crippen molar-refractivity contribution < 1.29 is 4.79 Å². The van der Waals surface area contributed by atoms with Gasteiger partial charge in [0.2, 0.25) is 11.0 Å². The molecule has 126 valence electrons. The Morgan fingerprint density at radius 3 is 3.17 bits per heavy atom. The van der Waals surface area contributed by atoms with Crippen LogP contribution in [0.1, 0.15) is 18.9 Å². The summed E-state index contributed by atoms with van der Waals surface area (Å²) >= 11 is 2.92. The Morgan fingerprint density at radius 1 is 1.50 bits per heavy atom. The number of carbonyl (C=O) groups is 1. The number of hydrogen-bond donors (Lipinski definition) is 1. The maximum Gasteiger partial charge on any atom is 0.240 e. The summed E-state index contributed by atoms with van der Waals surface area (Å²) in [6.07, 6.45) is 3.82. The van der Waals surface area contributed by atoms with E-state index in [4.69, 9.17) is 0 Å². The molecule has 0 saturated carbocycles. The van der Waals surface area contributed by atoms with Crippen LogP contribution < -0.4 is 10.2 Å². The van der Waals surface area contributed by atoms with Crippen LogP contribution in [0.25, 0.3) is 0 Å². The van der Waals surface area contributed by atoms with Gasteiger partial charge in [0.1, 0.15) is 0 Å². The molecule has 5 nitrogen and oxygen atoms in total. The Hall–Kier alpha value is -1.86. The highest BCUT2D eigenvalue weighted by Crippen LogP contribution is 2.32. The number of para-hydroxylation sites is 1. The van der Waals surface area contributed by atoms with Crippen molar-refractivity contribution in [2.45, 2.75) is 29.4 Å². The Balaban J connectivity index is 1.67. The molecule has 1 aromatic heterocycles. The minimum absolute atomic E-state index is 0.128. The molecule has 1 N–H and O–H groups in total. The topological polar surface area (TPSA) is 58.1 Å². The lowest BCUT2D eigenvalue weighted by molar-refractivity contribution is -0.117. The van der Waals surface area contributed by atoms with E-state index in [1.165, 1.54) is 28.7 Å². The molecule has 1 aliphatic heterocycles. The number of fused-ring (bicyclic) bond motifs is 1. The number of nitrogens with one attached hydrogen (secondary N) is 1. The van der Waals surface area contributed by atoms with Crippen LogP contribution in [0.15, 0.2) is 41.3 Å². The molecule has 7 heteroatoms. The summed E-state index contributed by atoms with van der Waals surface area (Å²) in [7, 11) is 0. The maximum atomic E-state index is 12.9. The summed E-state index contributed by atoms with van der Waals surface area (Å²) in [5, 5.41) is 11.9. The van der Waals surface area contributed by atoms with Gasteiger partial charge in [0.25, 0.3) is 0 Å². The van der Waals surface area contributed by atoms with Crippen LogP contribution in [0.2, 0.25) is 0 Å². The second-order valence-electron chi connectivity index (χ2n) is 5.52. The quantitative estimate of drug-likeness (QED) is 0.630. The molecule has 1 aliphatic rings. The first-order valence-electron chi connectivity index (χ1n) is 7.93. The number of amides is 1. The van der Waals surface area contributed by atoms with Crippen molar-refractivity contribution in [1.29, 1.82) is 0 Å². The zero-order valence-electron chi connectivity index (χ0n) is 13.6. The highest BCUT2D eigenvalue weighted by Gasteiger charge is 2.27. The molecule has 1 aromatic carbocycles. The van der Waals surface area contributed by atoms with Gasteiger partial charge in [-0.05, 0) is 31.4 Å². The number of hydrogen-bond acceptors (Lipinski definition) is 6. The largest absolute Gasteiger partial charge is 0.357 e. The van der Waals surface area contributed by atoms with Crippen molar-refractivity contribution in [2.75, 3.05) is 23.3 Å². The van der Waals surface area contributed by atoms with Gasteiger partial charge < -0.3 is 10.2 Å². The molecule has 2 aromatic rings. The van der Waals surface area contributed by atoms with Crippen molar-refractivity contribution in [3.05, 3.63) is 42.5 Å². The number of aryl methyl sites for hydroxylation is 1. The molecule has 0 aliphatic carbocycles. The Labute approximate surface area is 150 Å². The van der Waals surface area contributed by atoms with Gasteiger partial charge >= 0.3 is 0 Å².